The third-order valence-electron chi connectivity index (χ3n) is 3.36. The fourth-order valence-electron chi connectivity index (χ4n) is 2.42. The Morgan fingerprint density at radius 3 is 2.68 bits per heavy atom. The molecule has 0 radical (unpaired) electrons. The first-order valence-corrected chi connectivity index (χ1v) is 6.64. The lowest BCUT2D eigenvalue weighted by atomic mass is 10.2. The quantitative estimate of drug-likeness (QED) is 0.832. The van der Waals surface area contributed by atoms with Crippen molar-refractivity contribution in [1.29, 1.82) is 0 Å². The van der Waals surface area contributed by atoms with Gasteiger partial charge < -0.3 is 10.6 Å². The highest BCUT2D eigenvalue weighted by Crippen LogP contribution is 2.17. The van der Waals surface area contributed by atoms with Crippen LogP contribution in [0.1, 0.15) is 41.9 Å². The summed E-state index contributed by atoms with van der Waals surface area (Å²) >= 11 is 0. The van der Waals surface area contributed by atoms with Crippen LogP contribution in [-0.4, -0.2) is 34.2 Å². The Balaban J connectivity index is 1.79. The van der Waals surface area contributed by atoms with Gasteiger partial charge in [0.25, 0.3) is 5.91 Å². The molecule has 1 aromatic rings. The van der Waals surface area contributed by atoms with Gasteiger partial charge in [-0.1, -0.05) is 12.8 Å². The highest BCUT2D eigenvalue weighted by atomic mass is 16.2. The van der Waals surface area contributed by atoms with E-state index in [1.165, 1.54) is 17.5 Å². The van der Waals surface area contributed by atoms with Gasteiger partial charge in [-0.3, -0.25) is 14.3 Å². The molecule has 6 nitrogen and oxygen atoms in total. The molecule has 0 unspecified atom stereocenters. The Morgan fingerprint density at radius 2 is 2.11 bits per heavy atom. The first-order chi connectivity index (χ1) is 9.06. The zero-order chi connectivity index (χ0) is 13.8. The molecule has 1 heterocycles. The Kier molecular flexibility index (Phi) is 4.19. The normalized spacial score (nSPS) is 15.5. The zero-order valence-electron chi connectivity index (χ0n) is 11.4. The van der Waals surface area contributed by atoms with Gasteiger partial charge in [0.1, 0.15) is 5.69 Å². The van der Waals surface area contributed by atoms with Gasteiger partial charge >= 0.3 is 0 Å². The maximum atomic E-state index is 11.9. The Bertz CT molecular complexity index is 475. The van der Waals surface area contributed by atoms with Crippen LogP contribution in [-0.2, 0) is 11.8 Å². The van der Waals surface area contributed by atoms with Crippen LogP contribution in [0.5, 0.6) is 0 Å². The molecule has 2 N–H and O–H groups in total. The smallest absolute Gasteiger partial charge is 0.269 e. The number of aromatic nitrogens is 2. The predicted molar refractivity (Wildman–Crippen MR) is 70.7 cm³/mol. The van der Waals surface area contributed by atoms with Crippen molar-refractivity contribution in [3.05, 3.63) is 17.5 Å². The maximum absolute atomic E-state index is 11.9. The molecule has 1 saturated carbocycles. The van der Waals surface area contributed by atoms with Crippen molar-refractivity contribution in [2.45, 2.75) is 38.6 Å². The summed E-state index contributed by atoms with van der Waals surface area (Å²) in [6.45, 7) is 1.84. The first-order valence-electron chi connectivity index (χ1n) is 6.64. The van der Waals surface area contributed by atoms with Crippen LogP contribution < -0.4 is 10.6 Å². The van der Waals surface area contributed by atoms with E-state index >= 15 is 0 Å². The molecule has 1 aliphatic rings. The van der Waals surface area contributed by atoms with E-state index in [1.54, 1.807) is 13.1 Å². The molecular weight excluding hydrogens is 244 g/mol. The molecule has 6 heteroatoms. The second-order valence-corrected chi connectivity index (χ2v) is 5.03. The average Bonchev–Trinajstić information content (AvgIpc) is 2.96. The van der Waals surface area contributed by atoms with Gasteiger partial charge in [-0.15, -0.1) is 0 Å². The molecule has 0 bridgehead atoms. The number of aryl methyl sites for hydroxylation is 2. The van der Waals surface area contributed by atoms with Crippen LogP contribution in [0.25, 0.3) is 0 Å². The first kappa shape index (κ1) is 13.6. The molecule has 1 fully saturated rings. The molecule has 2 amide bonds. The largest absolute Gasteiger partial charge is 0.352 e. The summed E-state index contributed by atoms with van der Waals surface area (Å²) in [5.74, 6) is -0.399. The van der Waals surface area contributed by atoms with Crippen LogP contribution in [0.15, 0.2) is 6.07 Å². The van der Waals surface area contributed by atoms with Crippen molar-refractivity contribution >= 4 is 11.8 Å². The van der Waals surface area contributed by atoms with E-state index in [4.69, 9.17) is 0 Å². The van der Waals surface area contributed by atoms with E-state index in [2.05, 4.69) is 15.7 Å². The molecule has 19 heavy (non-hydrogen) atoms. The number of nitrogens with zero attached hydrogens (tertiary/aromatic N) is 2. The molecule has 1 aromatic heterocycles. The van der Waals surface area contributed by atoms with Crippen molar-refractivity contribution < 1.29 is 9.59 Å². The molecule has 1 aliphatic carbocycles. The van der Waals surface area contributed by atoms with Gasteiger partial charge in [0, 0.05) is 13.1 Å². The third kappa shape index (κ3) is 3.56. The van der Waals surface area contributed by atoms with Crippen molar-refractivity contribution in [2.75, 3.05) is 6.54 Å². The number of carbonyl (C=O) groups excluding carboxylic acids is 2. The number of nitrogens with one attached hydrogen (secondary N) is 2. The van der Waals surface area contributed by atoms with Crippen molar-refractivity contribution in [2.24, 2.45) is 7.05 Å². The van der Waals surface area contributed by atoms with Crippen LogP contribution in [0, 0.1) is 6.92 Å². The van der Waals surface area contributed by atoms with E-state index < -0.39 is 0 Å². The van der Waals surface area contributed by atoms with E-state index in [1.807, 2.05) is 6.92 Å². The fourth-order valence-corrected chi connectivity index (χ4v) is 2.42. The SMILES string of the molecule is Cc1cc(C(=O)NCC(=O)NC2CCCC2)n(C)n1. The Labute approximate surface area is 112 Å². The second kappa shape index (κ2) is 5.86. The van der Waals surface area contributed by atoms with E-state index in [0.29, 0.717) is 5.69 Å². The van der Waals surface area contributed by atoms with Gasteiger partial charge in [-0.25, -0.2) is 0 Å². The van der Waals surface area contributed by atoms with Crippen molar-refractivity contribution in [3.63, 3.8) is 0 Å². The Hall–Kier alpha value is -1.85. The van der Waals surface area contributed by atoms with Gasteiger partial charge in [-0.05, 0) is 25.8 Å². The van der Waals surface area contributed by atoms with Crippen molar-refractivity contribution in [1.82, 2.24) is 20.4 Å². The summed E-state index contributed by atoms with van der Waals surface area (Å²) in [7, 11) is 1.71. The molecule has 0 saturated heterocycles. The zero-order valence-corrected chi connectivity index (χ0v) is 11.4. The van der Waals surface area contributed by atoms with Gasteiger partial charge in [-0.2, -0.15) is 5.10 Å². The van der Waals surface area contributed by atoms with E-state index in [-0.39, 0.29) is 24.4 Å². The summed E-state index contributed by atoms with van der Waals surface area (Å²) in [5, 5.41) is 9.64. The van der Waals surface area contributed by atoms with Gasteiger partial charge in [0.05, 0.1) is 12.2 Å². The molecule has 0 aliphatic heterocycles. The summed E-state index contributed by atoms with van der Waals surface area (Å²) in [6.07, 6.45) is 4.43. The molecule has 0 atom stereocenters. The molecule has 0 aromatic carbocycles. The van der Waals surface area contributed by atoms with Gasteiger partial charge in [0.2, 0.25) is 5.91 Å². The molecule has 0 spiro atoms. The predicted octanol–water partition coefficient (Wildman–Crippen LogP) is 0.517. The third-order valence-corrected chi connectivity index (χ3v) is 3.36. The summed E-state index contributed by atoms with van der Waals surface area (Å²) in [5.41, 5.74) is 1.24. The molecule has 2 rings (SSSR count). The lowest BCUT2D eigenvalue weighted by molar-refractivity contribution is -0.120. The highest BCUT2D eigenvalue weighted by molar-refractivity contribution is 5.95. The minimum absolute atomic E-state index is 0.0135. The number of rotatable bonds is 4. The van der Waals surface area contributed by atoms with Crippen molar-refractivity contribution in [3.8, 4) is 0 Å². The van der Waals surface area contributed by atoms with E-state index in [0.717, 1.165) is 18.5 Å². The number of hydrogen-bond donors (Lipinski definition) is 2. The summed E-state index contributed by atoms with van der Waals surface area (Å²) < 4.78 is 1.51. The minimum Gasteiger partial charge on any atom is -0.352 e. The van der Waals surface area contributed by atoms with Crippen LogP contribution in [0.3, 0.4) is 0 Å². The second-order valence-electron chi connectivity index (χ2n) is 5.03. The lowest BCUT2D eigenvalue weighted by Gasteiger charge is -2.12. The highest BCUT2D eigenvalue weighted by Gasteiger charge is 2.18. The van der Waals surface area contributed by atoms with Gasteiger partial charge in [0.15, 0.2) is 0 Å². The molecule has 104 valence electrons. The Morgan fingerprint density at radius 1 is 1.42 bits per heavy atom. The lowest BCUT2D eigenvalue weighted by Crippen LogP contribution is -2.41. The minimum atomic E-state index is -0.273. The average molecular weight is 264 g/mol. The maximum Gasteiger partial charge on any atom is 0.269 e. The summed E-state index contributed by atoms with van der Waals surface area (Å²) in [4.78, 5) is 23.5. The number of hydrogen-bond acceptors (Lipinski definition) is 3. The van der Waals surface area contributed by atoms with Crippen LogP contribution >= 0.6 is 0 Å². The van der Waals surface area contributed by atoms with E-state index in [9.17, 15) is 9.59 Å². The standard InChI is InChI=1S/C13H20N4O2/c1-9-7-11(17(2)16-9)13(19)14-8-12(18)15-10-5-3-4-6-10/h7,10H,3-6,8H2,1-2H3,(H,14,19)(H,15,18). The number of carbonyl (C=O) groups is 2. The fraction of sp³-hybridized carbons (Fsp3) is 0.615. The number of amides is 2. The topological polar surface area (TPSA) is 76.0 Å². The van der Waals surface area contributed by atoms with Crippen LogP contribution in [0.4, 0.5) is 0 Å². The summed E-state index contributed by atoms with van der Waals surface area (Å²) in [6, 6.07) is 1.98. The monoisotopic (exact) mass is 264 g/mol. The molecular formula is C13H20N4O2. The van der Waals surface area contributed by atoms with Crippen LogP contribution in [0.2, 0.25) is 0 Å².